The third-order valence-corrected chi connectivity index (χ3v) is 8.50. The summed E-state index contributed by atoms with van der Waals surface area (Å²) in [5, 5.41) is 11.4. The summed E-state index contributed by atoms with van der Waals surface area (Å²) in [7, 11) is 3.75. The molecular formula is C30H46FN7O3. The molecule has 2 aliphatic rings. The van der Waals surface area contributed by atoms with Gasteiger partial charge in [-0.05, 0) is 64.8 Å². The van der Waals surface area contributed by atoms with Gasteiger partial charge in [-0.3, -0.25) is 9.69 Å². The van der Waals surface area contributed by atoms with Crippen molar-refractivity contribution in [3.8, 4) is 11.6 Å². The summed E-state index contributed by atoms with van der Waals surface area (Å²) >= 11 is 0. The van der Waals surface area contributed by atoms with Crippen molar-refractivity contribution in [3.63, 3.8) is 0 Å². The number of amides is 1. The van der Waals surface area contributed by atoms with E-state index in [0.717, 1.165) is 45.6 Å². The molecule has 1 amide bonds. The molecule has 1 aromatic heterocycles. The normalized spacial score (nSPS) is 18.1. The van der Waals surface area contributed by atoms with Gasteiger partial charge in [0.2, 0.25) is 0 Å². The highest BCUT2D eigenvalue weighted by molar-refractivity contribution is 5.97. The lowest BCUT2D eigenvalue weighted by atomic mass is 9.76. The summed E-state index contributed by atoms with van der Waals surface area (Å²) in [6, 6.07) is 4.38. The van der Waals surface area contributed by atoms with Gasteiger partial charge in [-0.25, -0.2) is 9.37 Å². The van der Waals surface area contributed by atoms with Crippen LogP contribution in [0.2, 0.25) is 0 Å². The molecule has 0 radical (unpaired) electrons. The number of hydrogen-bond donors (Lipinski definition) is 1. The van der Waals surface area contributed by atoms with Gasteiger partial charge in [0.05, 0.1) is 11.7 Å². The number of hydrogen-bond acceptors (Lipinski definition) is 9. The van der Waals surface area contributed by atoms with Crippen molar-refractivity contribution >= 4 is 11.7 Å². The first-order chi connectivity index (χ1) is 19.6. The average Bonchev–Trinajstić information content (AvgIpc) is 3.37. The Morgan fingerprint density at radius 2 is 1.98 bits per heavy atom. The molecule has 41 heavy (non-hydrogen) atoms. The number of carbonyl (C=O) groups is 1. The van der Waals surface area contributed by atoms with Crippen LogP contribution in [0.5, 0.6) is 11.6 Å². The summed E-state index contributed by atoms with van der Waals surface area (Å²) in [4.78, 5) is 24.3. The van der Waals surface area contributed by atoms with E-state index in [1.807, 2.05) is 27.8 Å². The Kier molecular flexibility index (Phi) is 10.1. The Labute approximate surface area is 243 Å². The number of likely N-dealkylation sites (tertiary alicyclic amines) is 1. The van der Waals surface area contributed by atoms with Crippen molar-refractivity contribution in [1.82, 2.24) is 30.3 Å². The first-order valence-corrected chi connectivity index (χ1v) is 14.7. The summed E-state index contributed by atoms with van der Waals surface area (Å²) in [6.45, 7) is 15.4. The van der Waals surface area contributed by atoms with Crippen LogP contribution in [-0.4, -0.2) is 103 Å². The van der Waals surface area contributed by atoms with E-state index >= 15 is 0 Å². The van der Waals surface area contributed by atoms with Crippen LogP contribution in [0.25, 0.3) is 0 Å². The molecule has 226 valence electrons. The molecule has 3 heterocycles. The Balaban J connectivity index is 1.48. The molecule has 11 heteroatoms. The average molecular weight is 572 g/mol. The quantitative estimate of drug-likeness (QED) is 0.385. The van der Waals surface area contributed by atoms with Crippen molar-refractivity contribution < 1.29 is 18.7 Å². The van der Waals surface area contributed by atoms with E-state index in [1.54, 1.807) is 12.0 Å². The number of nitrogens with one attached hydrogen (secondary N) is 1. The van der Waals surface area contributed by atoms with E-state index in [4.69, 9.17) is 9.47 Å². The second-order valence-electron chi connectivity index (χ2n) is 12.1. The number of nitrogens with zero attached hydrogens (tertiary/aromatic N) is 6. The van der Waals surface area contributed by atoms with Gasteiger partial charge in [0.1, 0.15) is 17.9 Å². The molecule has 1 aromatic carbocycles. The molecule has 10 nitrogen and oxygen atoms in total. The number of carbonyl (C=O) groups excluding carboxylic acids is 1. The van der Waals surface area contributed by atoms with E-state index in [2.05, 4.69) is 44.1 Å². The zero-order valence-corrected chi connectivity index (χ0v) is 25.6. The third-order valence-electron chi connectivity index (χ3n) is 8.50. The third kappa shape index (κ3) is 6.95. The lowest BCUT2D eigenvalue weighted by Crippen LogP contribution is -2.62. The fourth-order valence-corrected chi connectivity index (χ4v) is 6.33. The van der Waals surface area contributed by atoms with Crippen LogP contribution in [0.4, 0.5) is 10.2 Å². The zero-order valence-electron chi connectivity index (χ0n) is 25.6. The van der Waals surface area contributed by atoms with E-state index in [1.165, 1.54) is 24.5 Å². The van der Waals surface area contributed by atoms with Crippen LogP contribution in [0.15, 0.2) is 24.5 Å². The van der Waals surface area contributed by atoms with Gasteiger partial charge in [0, 0.05) is 63.9 Å². The molecule has 0 saturated carbocycles. The highest BCUT2D eigenvalue weighted by Gasteiger charge is 2.50. The lowest BCUT2D eigenvalue weighted by Gasteiger charge is -2.53. The number of methoxy groups -OCH3 is 1. The van der Waals surface area contributed by atoms with Gasteiger partial charge in [-0.1, -0.05) is 13.8 Å². The van der Waals surface area contributed by atoms with Crippen molar-refractivity contribution in [2.75, 3.05) is 58.3 Å². The number of halogens is 1. The second-order valence-corrected chi connectivity index (χ2v) is 12.1. The minimum absolute atomic E-state index is 0.0424. The molecule has 1 N–H and O–H groups in total. The number of aromatic nitrogens is 3. The van der Waals surface area contributed by atoms with Gasteiger partial charge >= 0.3 is 0 Å². The minimum atomic E-state index is -0.503. The van der Waals surface area contributed by atoms with Crippen LogP contribution in [-0.2, 0) is 4.74 Å². The highest BCUT2D eigenvalue weighted by atomic mass is 19.1. The molecule has 0 aliphatic carbocycles. The van der Waals surface area contributed by atoms with Crippen molar-refractivity contribution in [3.05, 3.63) is 35.9 Å². The second kappa shape index (κ2) is 13.4. The summed E-state index contributed by atoms with van der Waals surface area (Å²) in [5.74, 6) is 0.757. The lowest BCUT2D eigenvalue weighted by molar-refractivity contribution is -0.0500. The van der Waals surface area contributed by atoms with Crippen LogP contribution in [0.3, 0.4) is 0 Å². The van der Waals surface area contributed by atoms with Gasteiger partial charge in [0.15, 0.2) is 5.82 Å². The molecule has 2 aliphatic heterocycles. The minimum Gasteiger partial charge on any atom is -0.434 e. The van der Waals surface area contributed by atoms with Crippen LogP contribution in [0, 0.1) is 17.2 Å². The molecule has 2 atom stereocenters. The van der Waals surface area contributed by atoms with Gasteiger partial charge in [-0.15, -0.1) is 10.2 Å². The van der Waals surface area contributed by atoms with Crippen molar-refractivity contribution in [2.24, 2.45) is 11.3 Å². The van der Waals surface area contributed by atoms with Gasteiger partial charge < -0.3 is 24.6 Å². The SMILES string of the molecule is CCN(C(=O)c1cc(F)ccc1Oc1nncnc1N1CCC2(C1)CN([C@H](C[C@@H](CNC)OC)C(C)C)C2)C(C)C. The first kappa shape index (κ1) is 31.1. The van der Waals surface area contributed by atoms with E-state index in [0.29, 0.717) is 24.3 Å². The summed E-state index contributed by atoms with van der Waals surface area (Å²) in [6.07, 6.45) is 3.63. The van der Waals surface area contributed by atoms with E-state index in [9.17, 15) is 9.18 Å². The maximum absolute atomic E-state index is 14.2. The number of anilines is 1. The predicted molar refractivity (Wildman–Crippen MR) is 157 cm³/mol. The number of benzene rings is 1. The van der Waals surface area contributed by atoms with Crippen LogP contribution >= 0.6 is 0 Å². The summed E-state index contributed by atoms with van der Waals surface area (Å²) in [5.41, 5.74) is 0.327. The Bertz CT molecular complexity index is 1170. The largest absolute Gasteiger partial charge is 0.434 e. The zero-order chi connectivity index (χ0) is 29.7. The monoisotopic (exact) mass is 571 g/mol. The Hall–Kier alpha value is -2.89. The maximum atomic E-state index is 14.2. The van der Waals surface area contributed by atoms with E-state index in [-0.39, 0.29) is 40.7 Å². The maximum Gasteiger partial charge on any atom is 0.282 e. The molecule has 0 unspecified atom stereocenters. The smallest absolute Gasteiger partial charge is 0.282 e. The molecule has 1 spiro atoms. The highest BCUT2D eigenvalue weighted by Crippen LogP contribution is 2.44. The fourth-order valence-electron chi connectivity index (χ4n) is 6.33. The van der Waals surface area contributed by atoms with E-state index < -0.39 is 5.82 Å². The van der Waals surface area contributed by atoms with Crippen molar-refractivity contribution in [1.29, 1.82) is 0 Å². The van der Waals surface area contributed by atoms with Gasteiger partial charge in [-0.2, -0.15) is 0 Å². The van der Waals surface area contributed by atoms with Gasteiger partial charge in [0.25, 0.3) is 11.8 Å². The molecular weight excluding hydrogens is 525 g/mol. The topological polar surface area (TPSA) is 96.0 Å². The summed E-state index contributed by atoms with van der Waals surface area (Å²) < 4.78 is 26.1. The predicted octanol–water partition coefficient (Wildman–Crippen LogP) is 3.83. The van der Waals surface area contributed by atoms with Crippen LogP contribution in [0.1, 0.15) is 57.8 Å². The Morgan fingerprint density at radius 3 is 2.61 bits per heavy atom. The molecule has 2 saturated heterocycles. The van der Waals surface area contributed by atoms with Crippen molar-refractivity contribution in [2.45, 2.75) is 65.6 Å². The number of rotatable bonds is 13. The molecule has 4 rings (SSSR count). The number of ether oxygens (including phenoxy) is 2. The standard InChI is InChI=1S/C30H46FN7O3/c1-8-38(21(4)5)29(39)24-13-22(31)9-10-26(24)41-28-27(33-19-34-35-28)36-12-11-30(16-36)17-37(18-30)25(20(2)3)14-23(40-7)15-32-6/h9-10,13,19-21,23,25,32H,8,11-12,14-18H2,1-7H3/t23-,25+/m0/s1. The number of likely N-dealkylation sites (N-methyl/N-ethyl adjacent to an activating group) is 1. The molecule has 0 bridgehead atoms. The fraction of sp³-hybridized carbons (Fsp3) is 0.667. The first-order valence-electron chi connectivity index (χ1n) is 14.7. The Morgan fingerprint density at radius 1 is 1.22 bits per heavy atom. The van der Waals surface area contributed by atoms with Crippen LogP contribution < -0.4 is 15.0 Å². The molecule has 2 aromatic rings. The molecule has 2 fully saturated rings.